The molecule has 1 N–H and O–H groups in total. The zero-order valence-electron chi connectivity index (χ0n) is 15.0. The quantitative estimate of drug-likeness (QED) is 0.598. The van der Waals surface area contributed by atoms with Crippen molar-refractivity contribution in [2.75, 3.05) is 11.1 Å². The molecule has 1 amide bonds. The first-order valence-electron chi connectivity index (χ1n) is 8.18. The van der Waals surface area contributed by atoms with Crippen LogP contribution >= 0.6 is 27.7 Å². The minimum absolute atomic E-state index is 0.133. The second-order valence-electron chi connectivity index (χ2n) is 5.86. The van der Waals surface area contributed by atoms with Crippen LogP contribution in [0.25, 0.3) is 11.2 Å². The molecule has 0 atom stereocenters. The normalized spacial score (nSPS) is 11.1. The van der Waals surface area contributed by atoms with Crippen LogP contribution in [0.4, 0.5) is 5.69 Å². The Morgan fingerprint density at radius 2 is 1.85 bits per heavy atom. The molecule has 0 aliphatic heterocycles. The molecule has 0 unspecified atom stereocenters. The molecule has 142 valence electrons. The molecule has 0 fully saturated rings. The monoisotopic (exact) mass is 451 g/mol. The van der Waals surface area contributed by atoms with E-state index in [2.05, 4.69) is 26.2 Å². The Bertz CT molecular complexity index is 1130. The maximum Gasteiger partial charge on any atom is 0.332 e. The van der Waals surface area contributed by atoms with Gasteiger partial charge in [0.05, 0.1) is 5.75 Å². The van der Waals surface area contributed by atoms with Gasteiger partial charge in [0.25, 0.3) is 5.56 Å². The molecule has 8 nitrogen and oxygen atoms in total. The van der Waals surface area contributed by atoms with Crippen LogP contribution in [0.1, 0.15) is 6.92 Å². The van der Waals surface area contributed by atoms with E-state index in [-0.39, 0.29) is 11.7 Å². The van der Waals surface area contributed by atoms with Gasteiger partial charge in [0.2, 0.25) is 5.91 Å². The zero-order chi connectivity index (χ0) is 19.7. The van der Waals surface area contributed by atoms with E-state index in [1.807, 2.05) is 19.1 Å². The number of aryl methyl sites for hydroxylation is 2. The summed E-state index contributed by atoms with van der Waals surface area (Å²) in [6.07, 6.45) is 0. The van der Waals surface area contributed by atoms with Gasteiger partial charge in [-0.15, -0.1) is 0 Å². The van der Waals surface area contributed by atoms with Crippen molar-refractivity contribution in [2.45, 2.75) is 18.6 Å². The number of hydrogen-bond donors (Lipinski definition) is 1. The first-order valence-corrected chi connectivity index (χ1v) is 9.95. The minimum atomic E-state index is -0.433. The lowest BCUT2D eigenvalue weighted by molar-refractivity contribution is -0.113. The van der Waals surface area contributed by atoms with Gasteiger partial charge in [0.1, 0.15) is 0 Å². The number of imidazole rings is 1. The molecule has 2 heterocycles. The van der Waals surface area contributed by atoms with Crippen molar-refractivity contribution in [2.24, 2.45) is 14.1 Å². The molecular formula is C17H18BrN5O3S. The summed E-state index contributed by atoms with van der Waals surface area (Å²) in [6.45, 7) is 2.39. The van der Waals surface area contributed by atoms with Crippen molar-refractivity contribution >= 4 is 50.5 Å². The Labute approximate surface area is 167 Å². The zero-order valence-corrected chi connectivity index (χ0v) is 17.4. The summed E-state index contributed by atoms with van der Waals surface area (Å²) in [5, 5.41) is 3.34. The van der Waals surface area contributed by atoms with Crippen LogP contribution in [-0.2, 0) is 25.4 Å². The van der Waals surface area contributed by atoms with Crippen molar-refractivity contribution in [3.05, 3.63) is 49.6 Å². The second-order valence-corrected chi connectivity index (χ2v) is 7.72. The van der Waals surface area contributed by atoms with E-state index in [1.54, 1.807) is 23.7 Å². The number of hydrogen-bond acceptors (Lipinski definition) is 5. The summed E-state index contributed by atoms with van der Waals surface area (Å²) in [7, 11) is 3.02. The van der Waals surface area contributed by atoms with Crippen LogP contribution in [0.5, 0.6) is 0 Å². The number of halogens is 1. The lowest BCUT2D eigenvalue weighted by Crippen LogP contribution is -2.37. The number of nitrogens with one attached hydrogen (secondary N) is 1. The van der Waals surface area contributed by atoms with Crippen molar-refractivity contribution < 1.29 is 4.79 Å². The van der Waals surface area contributed by atoms with Gasteiger partial charge in [-0.1, -0.05) is 27.7 Å². The van der Waals surface area contributed by atoms with Gasteiger partial charge in [-0.2, -0.15) is 0 Å². The molecule has 0 aliphatic carbocycles. The van der Waals surface area contributed by atoms with Gasteiger partial charge in [0.15, 0.2) is 16.3 Å². The van der Waals surface area contributed by atoms with Gasteiger partial charge in [0, 0.05) is 30.8 Å². The Kier molecular flexibility index (Phi) is 5.56. The van der Waals surface area contributed by atoms with Crippen molar-refractivity contribution in [1.29, 1.82) is 0 Å². The average Bonchev–Trinajstić information content (AvgIpc) is 3.03. The third-order valence-corrected chi connectivity index (χ3v) is 5.59. The maximum absolute atomic E-state index is 12.5. The number of fused-ring (bicyclic) bond motifs is 1. The SMILES string of the molecule is CCn1c(SCC(=O)Nc2ccc(Br)cc2)nc2c1c(=O)n(C)c(=O)n2C. The number of benzene rings is 1. The van der Waals surface area contributed by atoms with Crippen molar-refractivity contribution in [1.82, 2.24) is 18.7 Å². The summed E-state index contributed by atoms with van der Waals surface area (Å²) in [4.78, 5) is 41.3. The number of carbonyl (C=O) groups is 1. The minimum Gasteiger partial charge on any atom is -0.325 e. The third kappa shape index (κ3) is 3.72. The largest absolute Gasteiger partial charge is 0.332 e. The smallest absolute Gasteiger partial charge is 0.325 e. The molecule has 0 radical (unpaired) electrons. The lowest BCUT2D eigenvalue weighted by atomic mass is 10.3. The number of rotatable bonds is 5. The highest BCUT2D eigenvalue weighted by Gasteiger charge is 2.19. The van der Waals surface area contributed by atoms with E-state index in [9.17, 15) is 14.4 Å². The Morgan fingerprint density at radius 1 is 1.19 bits per heavy atom. The number of thioether (sulfide) groups is 1. The van der Waals surface area contributed by atoms with Crippen LogP contribution in [0.15, 0.2) is 43.5 Å². The maximum atomic E-state index is 12.5. The van der Waals surface area contributed by atoms with E-state index < -0.39 is 11.2 Å². The molecule has 27 heavy (non-hydrogen) atoms. The summed E-state index contributed by atoms with van der Waals surface area (Å²) in [5.41, 5.74) is 0.550. The predicted molar refractivity (Wildman–Crippen MR) is 109 cm³/mol. The van der Waals surface area contributed by atoms with E-state index in [0.717, 1.165) is 9.04 Å². The van der Waals surface area contributed by atoms with E-state index in [1.165, 1.54) is 23.4 Å². The molecule has 3 aromatic rings. The fourth-order valence-corrected chi connectivity index (χ4v) is 3.81. The van der Waals surface area contributed by atoms with Crippen LogP contribution in [-0.4, -0.2) is 30.3 Å². The summed E-state index contributed by atoms with van der Waals surface area (Å²) < 4.78 is 5.06. The molecule has 10 heteroatoms. The lowest BCUT2D eigenvalue weighted by Gasteiger charge is -2.07. The van der Waals surface area contributed by atoms with Crippen LogP contribution in [0.2, 0.25) is 0 Å². The Morgan fingerprint density at radius 3 is 2.48 bits per heavy atom. The fourth-order valence-electron chi connectivity index (χ4n) is 2.69. The summed E-state index contributed by atoms with van der Waals surface area (Å²) in [6, 6.07) is 7.28. The van der Waals surface area contributed by atoms with Crippen LogP contribution in [0, 0.1) is 0 Å². The van der Waals surface area contributed by atoms with Gasteiger partial charge < -0.3 is 9.88 Å². The Hall–Kier alpha value is -2.33. The van der Waals surface area contributed by atoms with Crippen molar-refractivity contribution in [3.63, 3.8) is 0 Å². The molecule has 2 aromatic heterocycles. The topological polar surface area (TPSA) is 90.9 Å². The molecular weight excluding hydrogens is 434 g/mol. The van der Waals surface area contributed by atoms with Crippen LogP contribution in [0.3, 0.4) is 0 Å². The highest BCUT2D eigenvalue weighted by molar-refractivity contribution is 9.10. The van der Waals surface area contributed by atoms with Gasteiger partial charge >= 0.3 is 5.69 Å². The van der Waals surface area contributed by atoms with Gasteiger partial charge in [-0.05, 0) is 31.2 Å². The highest BCUT2D eigenvalue weighted by atomic mass is 79.9. The van der Waals surface area contributed by atoms with E-state index in [0.29, 0.717) is 28.6 Å². The third-order valence-electron chi connectivity index (χ3n) is 4.09. The second kappa shape index (κ2) is 7.73. The highest BCUT2D eigenvalue weighted by Crippen LogP contribution is 2.22. The van der Waals surface area contributed by atoms with Gasteiger partial charge in [-0.3, -0.25) is 18.7 Å². The first-order chi connectivity index (χ1) is 12.8. The van der Waals surface area contributed by atoms with E-state index in [4.69, 9.17) is 0 Å². The number of amides is 1. The Balaban J connectivity index is 1.87. The number of anilines is 1. The first kappa shape index (κ1) is 19.4. The fraction of sp³-hybridized carbons (Fsp3) is 0.294. The molecule has 0 bridgehead atoms. The van der Waals surface area contributed by atoms with Crippen LogP contribution < -0.4 is 16.6 Å². The molecule has 0 aliphatic rings. The predicted octanol–water partition coefficient (Wildman–Crippen LogP) is 1.95. The molecule has 1 aromatic carbocycles. The van der Waals surface area contributed by atoms with Crippen molar-refractivity contribution in [3.8, 4) is 0 Å². The van der Waals surface area contributed by atoms with E-state index >= 15 is 0 Å². The molecule has 0 saturated carbocycles. The summed E-state index contributed by atoms with van der Waals surface area (Å²) in [5.74, 6) is -0.0491. The number of aromatic nitrogens is 4. The average molecular weight is 452 g/mol. The number of nitrogens with zero attached hydrogens (tertiary/aromatic N) is 4. The van der Waals surface area contributed by atoms with Gasteiger partial charge in [-0.25, -0.2) is 9.78 Å². The number of carbonyl (C=O) groups excluding carboxylic acids is 1. The molecule has 3 rings (SSSR count). The summed E-state index contributed by atoms with van der Waals surface area (Å²) >= 11 is 4.57. The standard InChI is InChI=1S/C17H18BrN5O3S/c1-4-23-13-14(21(2)17(26)22(3)15(13)25)20-16(23)27-9-12(24)19-11-7-5-10(18)6-8-11/h5-8H,4,9H2,1-3H3,(H,19,24). The molecule has 0 saturated heterocycles. The molecule has 0 spiro atoms.